The quantitative estimate of drug-likeness (QED) is 0.682. The van der Waals surface area contributed by atoms with E-state index in [4.69, 9.17) is 16.0 Å². The highest BCUT2D eigenvalue weighted by Gasteiger charge is 2.06. The molecule has 1 aromatic heterocycles. The second-order valence-electron chi connectivity index (χ2n) is 4.20. The highest BCUT2D eigenvalue weighted by atomic mass is 35.5. The normalized spacial score (nSPS) is 10.8. The fourth-order valence-corrected chi connectivity index (χ4v) is 2.69. The van der Waals surface area contributed by atoms with Crippen molar-refractivity contribution in [2.45, 2.75) is 11.0 Å². The number of thioether (sulfide) groups is 1. The van der Waals surface area contributed by atoms with Crippen molar-refractivity contribution in [2.24, 2.45) is 0 Å². The van der Waals surface area contributed by atoms with Gasteiger partial charge in [0.25, 0.3) is 5.22 Å². The number of halogens is 1. The van der Waals surface area contributed by atoms with Crippen molar-refractivity contribution in [3.63, 3.8) is 0 Å². The van der Waals surface area contributed by atoms with E-state index >= 15 is 0 Å². The molecule has 3 rings (SSSR count). The Morgan fingerprint density at radius 2 is 1.85 bits per heavy atom. The van der Waals surface area contributed by atoms with E-state index in [1.807, 2.05) is 30.3 Å². The van der Waals surface area contributed by atoms with E-state index in [0.717, 1.165) is 5.56 Å². The van der Waals surface area contributed by atoms with E-state index in [1.165, 1.54) is 11.8 Å². The summed E-state index contributed by atoms with van der Waals surface area (Å²) in [5.74, 6) is 0.672. The van der Waals surface area contributed by atoms with Gasteiger partial charge in [-0.2, -0.15) is 0 Å². The van der Waals surface area contributed by atoms with Crippen LogP contribution in [0.2, 0.25) is 5.02 Å². The Hall–Kier alpha value is -1.78. The summed E-state index contributed by atoms with van der Waals surface area (Å²) in [6.07, 6.45) is 0. The minimum atomic E-state index is -0.353. The first kappa shape index (κ1) is 13.2. The van der Waals surface area contributed by atoms with Gasteiger partial charge in [-0.05, 0) is 29.8 Å². The van der Waals surface area contributed by atoms with Crippen LogP contribution in [0.1, 0.15) is 5.56 Å². The summed E-state index contributed by atoms with van der Waals surface area (Å²) in [5, 5.41) is 1.58. The maximum absolute atomic E-state index is 11.8. The predicted octanol–water partition coefficient (Wildman–Crippen LogP) is 4.13. The molecule has 0 bridgehead atoms. The molecule has 0 saturated heterocycles. The van der Waals surface area contributed by atoms with Gasteiger partial charge in [-0.25, -0.2) is 9.78 Å². The van der Waals surface area contributed by atoms with Crippen LogP contribution >= 0.6 is 23.4 Å². The van der Waals surface area contributed by atoms with Crippen LogP contribution in [-0.2, 0) is 5.75 Å². The SMILES string of the molecule is O=c1oc(SCc2ccc(Cl)cc2)nc2ccccc12. The predicted molar refractivity (Wildman–Crippen MR) is 81.3 cm³/mol. The van der Waals surface area contributed by atoms with Crippen molar-refractivity contribution in [1.82, 2.24) is 4.98 Å². The molecule has 0 N–H and O–H groups in total. The largest absolute Gasteiger partial charge is 0.397 e. The van der Waals surface area contributed by atoms with E-state index in [2.05, 4.69) is 4.98 Å². The molecular weight excluding hydrogens is 294 g/mol. The summed E-state index contributed by atoms with van der Waals surface area (Å²) >= 11 is 7.22. The first-order chi connectivity index (χ1) is 9.72. The first-order valence-electron chi connectivity index (χ1n) is 5.99. The van der Waals surface area contributed by atoms with Crippen molar-refractivity contribution < 1.29 is 4.42 Å². The molecule has 0 fully saturated rings. The third-order valence-corrected chi connectivity index (χ3v) is 3.94. The molecule has 0 aliphatic rings. The van der Waals surface area contributed by atoms with Gasteiger partial charge < -0.3 is 4.42 Å². The zero-order chi connectivity index (χ0) is 13.9. The molecule has 0 spiro atoms. The highest BCUT2D eigenvalue weighted by molar-refractivity contribution is 7.98. The lowest BCUT2D eigenvalue weighted by Crippen LogP contribution is -2.02. The van der Waals surface area contributed by atoms with Gasteiger partial charge in [0.2, 0.25) is 0 Å². The Bertz CT molecular complexity index is 799. The maximum Gasteiger partial charge on any atom is 0.347 e. The fraction of sp³-hybridized carbons (Fsp3) is 0.0667. The van der Waals surface area contributed by atoms with Gasteiger partial charge in [0.05, 0.1) is 10.9 Å². The summed E-state index contributed by atoms with van der Waals surface area (Å²) in [4.78, 5) is 16.2. The van der Waals surface area contributed by atoms with E-state index in [1.54, 1.807) is 18.2 Å². The van der Waals surface area contributed by atoms with Crippen LogP contribution in [0.15, 0.2) is 63.0 Å². The molecule has 0 aliphatic carbocycles. The third kappa shape index (κ3) is 2.86. The molecule has 20 heavy (non-hydrogen) atoms. The summed E-state index contributed by atoms with van der Waals surface area (Å²) in [5.41, 5.74) is 1.40. The van der Waals surface area contributed by atoms with Gasteiger partial charge in [0, 0.05) is 10.8 Å². The van der Waals surface area contributed by atoms with Crippen LogP contribution in [0.25, 0.3) is 10.9 Å². The minimum Gasteiger partial charge on any atom is -0.397 e. The Kier molecular flexibility index (Phi) is 3.76. The average Bonchev–Trinajstić information content (AvgIpc) is 2.47. The summed E-state index contributed by atoms with van der Waals surface area (Å²) < 4.78 is 5.21. The fourth-order valence-electron chi connectivity index (χ4n) is 1.79. The number of hydrogen-bond acceptors (Lipinski definition) is 4. The molecule has 5 heteroatoms. The van der Waals surface area contributed by atoms with Crippen molar-refractivity contribution in [1.29, 1.82) is 0 Å². The molecule has 100 valence electrons. The zero-order valence-electron chi connectivity index (χ0n) is 10.4. The molecular formula is C15H10ClNO2S. The number of para-hydroxylation sites is 1. The first-order valence-corrected chi connectivity index (χ1v) is 7.36. The van der Waals surface area contributed by atoms with Gasteiger partial charge in [0.1, 0.15) is 0 Å². The number of nitrogens with zero attached hydrogens (tertiary/aromatic N) is 1. The molecule has 0 saturated carbocycles. The van der Waals surface area contributed by atoms with Gasteiger partial charge in [-0.1, -0.05) is 47.6 Å². The van der Waals surface area contributed by atoms with Crippen molar-refractivity contribution in [3.05, 3.63) is 69.5 Å². The number of fused-ring (bicyclic) bond motifs is 1. The second-order valence-corrected chi connectivity index (χ2v) is 5.56. The number of rotatable bonds is 3. The number of benzene rings is 2. The van der Waals surface area contributed by atoms with Gasteiger partial charge in [-0.15, -0.1) is 0 Å². The summed E-state index contributed by atoms with van der Waals surface area (Å²) in [7, 11) is 0. The van der Waals surface area contributed by atoms with Crippen LogP contribution in [0.5, 0.6) is 0 Å². The standard InChI is InChI=1S/C15H10ClNO2S/c16-11-7-5-10(6-8-11)9-20-15-17-13-4-2-1-3-12(13)14(18)19-15/h1-8H,9H2. The van der Waals surface area contributed by atoms with E-state index in [-0.39, 0.29) is 5.63 Å². The van der Waals surface area contributed by atoms with Gasteiger partial charge in [0.15, 0.2) is 0 Å². The summed E-state index contributed by atoms with van der Waals surface area (Å²) in [6.45, 7) is 0. The number of hydrogen-bond donors (Lipinski definition) is 0. The van der Waals surface area contributed by atoms with Gasteiger partial charge in [-0.3, -0.25) is 0 Å². The second kappa shape index (κ2) is 5.69. The summed E-state index contributed by atoms with van der Waals surface area (Å²) in [6, 6.07) is 14.7. The van der Waals surface area contributed by atoms with E-state index in [9.17, 15) is 4.79 Å². The zero-order valence-corrected chi connectivity index (χ0v) is 11.9. The lowest BCUT2D eigenvalue weighted by Gasteiger charge is -2.02. The Labute approximate surface area is 124 Å². The molecule has 2 aromatic carbocycles. The Morgan fingerprint density at radius 3 is 2.65 bits per heavy atom. The monoisotopic (exact) mass is 303 g/mol. The van der Waals surface area contributed by atoms with Crippen LogP contribution in [0.4, 0.5) is 0 Å². The molecule has 3 nitrogen and oxygen atoms in total. The lowest BCUT2D eigenvalue weighted by atomic mass is 10.2. The molecule has 3 aromatic rings. The third-order valence-electron chi connectivity index (χ3n) is 2.79. The van der Waals surface area contributed by atoms with Crippen LogP contribution in [0, 0.1) is 0 Å². The van der Waals surface area contributed by atoms with Crippen molar-refractivity contribution >= 4 is 34.3 Å². The van der Waals surface area contributed by atoms with Crippen LogP contribution < -0.4 is 5.63 Å². The minimum absolute atomic E-state index is 0.353. The molecule has 0 radical (unpaired) electrons. The van der Waals surface area contributed by atoms with Gasteiger partial charge >= 0.3 is 5.63 Å². The Morgan fingerprint density at radius 1 is 1.10 bits per heavy atom. The lowest BCUT2D eigenvalue weighted by molar-refractivity contribution is 0.401. The Balaban J connectivity index is 1.84. The van der Waals surface area contributed by atoms with Crippen molar-refractivity contribution in [2.75, 3.05) is 0 Å². The molecule has 1 heterocycles. The smallest absolute Gasteiger partial charge is 0.347 e. The molecule has 0 aliphatic heterocycles. The molecule has 0 unspecified atom stereocenters. The van der Waals surface area contributed by atoms with Crippen LogP contribution in [-0.4, -0.2) is 4.98 Å². The van der Waals surface area contributed by atoms with E-state index < -0.39 is 0 Å². The molecule has 0 amide bonds. The molecule has 0 atom stereocenters. The van der Waals surface area contributed by atoms with Crippen LogP contribution in [0.3, 0.4) is 0 Å². The van der Waals surface area contributed by atoms with E-state index in [0.29, 0.717) is 26.9 Å². The highest BCUT2D eigenvalue weighted by Crippen LogP contribution is 2.22. The van der Waals surface area contributed by atoms with Crippen molar-refractivity contribution in [3.8, 4) is 0 Å². The average molecular weight is 304 g/mol. The maximum atomic E-state index is 11.8. The number of aromatic nitrogens is 1. The topological polar surface area (TPSA) is 43.1 Å².